The largest absolute Gasteiger partial charge is 0.489 e. The minimum absolute atomic E-state index is 0.166. The van der Waals surface area contributed by atoms with Gasteiger partial charge in [-0.2, -0.15) is 5.10 Å². The van der Waals surface area contributed by atoms with Gasteiger partial charge < -0.3 is 4.74 Å². The summed E-state index contributed by atoms with van der Waals surface area (Å²) in [7, 11) is 0. The second kappa shape index (κ2) is 10.0. The van der Waals surface area contributed by atoms with Crippen LogP contribution >= 0.6 is 15.9 Å². The summed E-state index contributed by atoms with van der Waals surface area (Å²) in [6.07, 6.45) is 1.87. The molecule has 0 heterocycles. The third-order valence-electron chi connectivity index (χ3n) is 4.82. The second-order valence-corrected chi connectivity index (χ2v) is 7.92. The number of fused-ring (bicyclic) bond motifs is 1. The van der Waals surface area contributed by atoms with Crippen LogP contribution in [0.4, 0.5) is 0 Å². The van der Waals surface area contributed by atoms with Gasteiger partial charge >= 0.3 is 0 Å². The third kappa shape index (κ3) is 5.58. The summed E-state index contributed by atoms with van der Waals surface area (Å²) < 4.78 is 6.85. The van der Waals surface area contributed by atoms with Gasteiger partial charge in [-0.3, -0.25) is 4.79 Å². The van der Waals surface area contributed by atoms with E-state index in [-0.39, 0.29) is 12.3 Å². The number of hydrazone groups is 1. The number of benzene rings is 4. The summed E-state index contributed by atoms with van der Waals surface area (Å²) in [5.41, 5.74) is 5.53. The Morgan fingerprint density at radius 1 is 0.903 bits per heavy atom. The molecule has 0 aliphatic carbocycles. The topological polar surface area (TPSA) is 50.7 Å². The monoisotopic (exact) mass is 472 g/mol. The Hall–Kier alpha value is -3.44. The van der Waals surface area contributed by atoms with Gasteiger partial charge in [-0.15, -0.1) is 0 Å². The first-order valence-electron chi connectivity index (χ1n) is 9.94. The Labute approximate surface area is 189 Å². The Kier molecular flexibility index (Phi) is 6.75. The van der Waals surface area contributed by atoms with Crippen molar-refractivity contribution in [1.29, 1.82) is 0 Å². The zero-order chi connectivity index (χ0) is 21.5. The van der Waals surface area contributed by atoms with Crippen molar-refractivity contribution in [2.24, 2.45) is 5.10 Å². The van der Waals surface area contributed by atoms with E-state index in [1.54, 1.807) is 6.21 Å². The number of rotatable bonds is 7. The minimum Gasteiger partial charge on any atom is -0.489 e. The maximum Gasteiger partial charge on any atom is 0.244 e. The lowest BCUT2D eigenvalue weighted by Crippen LogP contribution is -2.19. The molecule has 31 heavy (non-hydrogen) atoms. The zero-order valence-electron chi connectivity index (χ0n) is 16.8. The van der Waals surface area contributed by atoms with Crippen LogP contribution in [0.2, 0.25) is 0 Å². The number of amides is 1. The molecule has 0 bridgehead atoms. The van der Waals surface area contributed by atoms with E-state index in [4.69, 9.17) is 4.74 Å². The van der Waals surface area contributed by atoms with Crippen molar-refractivity contribution in [3.05, 3.63) is 112 Å². The van der Waals surface area contributed by atoms with E-state index in [0.717, 1.165) is 37.7 Å². The first kappa shape index (κ1) is 20.8. The number of ether oxygens (including phenoxy) is 1. The highest BCUT2D eigenvalue weighted by Crippen LogP contribution is 2.27. The number of nitrogens with one attached hydrogen (secondary N) is 1. The molecule has 0 radical (unpaired) electrons. The van der Waals surface area contributed by atoms with E-state index >= 15 is 0 Å². The van der Waals surface area contributed by atoms with Crippen molar-refractivity contribution in [2.75, 3.05) is 0 Å². The molecule has 0 aromatic heterocycles. The molecule has 0 atom stereocenters. The maximum atomic E-state index is 12.4. The molecule has 0 unspecified atom stereocenters. The fourth-order valence-electron chi connectivity index (χ4n) is 3.30. The molecule has 0 saturated heterocycles. The zero-order valence-corrected chi connectivity index (χ0v) is 18.4. The molecule has 5 heteroatoms. The number of carbonyl (C=O) groups is 1. The van der Waals surface area contributed by atoms with Crippen molar-refractivity contribution < 1.29 is 9.53 Å². The van der Waals surface area contributed by atoms with Crippen LogP contribution in [-0.4, -0.2) is 12.1 Å². The quantitative estimate of drug-likeness (QED) is 0.270. The molecular weight excluding hydrogens is 452 g/mol. The molecule has 1 N–H and O–H groups in total. The summed E-state index contributed by atoms with van der Waals surface area (Å²) in [6.45, 7) is 0.499. The van der Waals surface area contributed by atoms with Gasteiger partial charge in [0.25, 0.3) is 0 Å². The second-order valence-electron chi connectivity index (χ2n) is 7.07. The highest BCUT2D eigenvalue weighted by molar-refractivity contribution is 9.10. The van der Waals surface area contributed by atoms with Crippen molar-refractivity contribution in [1.82, 2.24) is 5.43 Å². The molecule has 0 spiro atoms. The van der Waals surface area contributed by atoms with Gasteiger partial charge in [-0.25, -0.2) is 5.43 Å². The first-order valence-corrected chi connectivity index (χ1v) is 10.7. The number of hydrogen-bond donors (Lipinski definition) is 1. The Morgan fingerprint density at radius 3 is 2.52 bits per heavy atom. The van der Waals surface area contributed by atoms with Crippen molar-refractivity contribution in [3.8, 4) is 5.75 Å². The summed E-state index contributed by atoms with van der Waals surface area (Å²) in [6, 6.07) is 29.5. The predicted molar refractivity (Wildman–Crippen MR) is 128 cm³/mol. The van der Waals surface area contributed by atoms with Gasteiger partial charge in [0.15, 0.2) is 0 Å². The van der Waals surface area contributed by atoms with Crippen LogP contribution in [0.1, 0.15) is 16.7 Å². The SMILES string of the molecule is O=C(Cc1ccc(Br)c2ccccc12)N/N=C\c1cccc(OCc2ccccc2)c1. The van der Waals surface area contributed by atoms with E-state index in [1.165, 1.54) is 0 Å². The normalized spacial score (nSPS) is 11.0. The van der Waals surface area contributed by atoms with E-state index in [1.807, 2.05) is 91.0 Å². The van der Waals surface area contributed by atoms with Crippen molar-refractivity contribution in [2.45, 2.75) is 13.0 Å². The van der Waals surface area contributed by atoms with Crippen LogP contribution in [0.25, 0.3) is 10.8 Å². The molecule has 1 amide bonds. The Balaban J connectivity index is 1.36. The van der Waals surface area contributed by atoms with E-state index in [0.29, 0.717) is 6.61 Å². The average molecular weight is 473 g/mol. The molecule has 0 aliphatic rings. The lowest BCUT2D eigenvalue weighted by Gasteiger charge is -2.08. The highest BCUT2D eigenvalue weighted by Gasteiger charge is 2.08. The van der Waals surface area contributed by atoms with Gasteiger partial charge in [0.1, 0.15) is 12.4 Å². The predicted octanol–water partition coefficient (Wildman–Crippen LogP) is 5.87. The van der Waals surface area contributed by atoms with E-state index in [9.17, 15) is 4.79 Å². The van der Waals surface area contributed by atoms with Gasteiger partial charge in [-0.1, -0.05) is 88.7 Å². The lowest BCUT2D eigenvalue weighted by molar-refractivity contribution is -0.120. The standard InChI is InChI=1S/C26H21BrN2O2/c27-25-14-13-21(23-11-4-5-12-24(23)25)16-26(30)29-28-17-20-9-6-10-22(15-20)31-18-19-7-2-1-3-8-19/h1-15,17H,16,18H2,(H,29,30)/b28-17-. The summed E-state index contributed by atoms with van der Waals surface area (Å²) in [5, 5.41) is 6.25. The van der Waals surface area contributed by atoms with Crippen LogP contribution in [0.15, 0.2) is 101 Å². The number of hydrogen-bond acceptors (Lipinski definition) is 3. The van der Waals surface area contributed by atoms with Crippen LogP contribution < -0.4 is 10.2 Å². The molecule has 4 aromatic carbocycles. The van der Waals surface area contributed by atoms with Crippen molar-refractivity contribution in [3.63, 3.8) is 0 Å². The fraction of sp³-hybridized carbons (Fsp3) is 0.0769. The molecule has 0 saturated carbocycles. The van der Waals surface area contributed by atoms with Crippen molar-refractivity contribution >= 4 is 38.8 Å². The van der Waals surface area contributed by atoms with Gasteiger partial charge in [-0.05, 0) is 45.7 Å². The average Bonchev–Trinajstić information content (AvgIpc) is 2.81. The van der Waals surface area contributed by atoms with Gasteiger partial charge in [0.05, 0.1) is 12.6 Å². The smallest absolute Gasteiger partial charge is 0.244 e. The number of halogens is 1. The summed E-state index contributed by atoms with van der Waals surface area (Å²) in [4.78, 5) is 12.4. The lowest BCUT2D eigenvalue weighted by atomic mass is 10.0. The van der Waals surface area contributed by atoms with Crippen LogP contribution in [0.3, 0.4) is 0 Å². The van der Waals surface area contributed by atoms with Gasteiger partial charge in [0, 0.05) is 4.47 Å². The Morgan fingerprint density at radius 2 is 1.68 bits per heavy atom. The Bertz CT molecular complexity index is 1220. The molecule has 154 valence electrons. The minimum atomic E-state index is -0.166. The molecule has 4 nitrogen and oxygen atoms in total. The fourth-order valence-corrected chi connectivity index (χ4v) is 3.77. The van der Waals surface area contributed by atoms with Crippen LogP contribution in [-0.2, 0) is 17.8 Å². The molecule has 4 rings (SSSR count). The molecular formula is C26H21BrN2O2. The van der Waals surface area contributed by atoms with Crippen LogP contribution in [0, 0.1) is 0 Å². The van der Waals surface area contributed by atoms with E-state index < -0.39 is 0 Å². The molecule has 0 fully saturated rings. The molecule has 4 aromatic rings. The maximum absolute atomic E-state index is 12.4. The number of nitrogens with zero attached hydrogens (tertiary/aromatic N) is 1. The number of carbonyl (C=O) groups excluding carboxylic acids is 1. The third-order valence-corrected chi connectivity index (χ3v) is 5.51. The van der Waals surface area contributed by atoms with E-state index in [2.05, 4.69) is 26.5 Å². The van der Waals surface area contributed by atoms with Crippen LogP contribution in [0.5, 0.6) is 5.75 Å². The summed E-state index contributed by atoms with van der Waals surface area (Å²) >= 11 is 3.56. The summed E-state index contributed by atoms with van der Waals surface area (Å²) in [5.74, 6) is 0.584. The highest BCUT2D eigenvalue weighted by atomic mass is 79.9. The molecule has 0 aliphatic heterocycles. The first-order chi connectivity index (χ1) is 15.2. The van der Waals surface area contributed by atoms with Gasteiger partial charge in [0.2, 0.25) is 5.91 Å².